The Morgan fingerprint density at radius 3 is 2.44 bits per heavy atom. The standard InChI is InChI=1S/C12H22N2O2/c1-8-2-7-11(16-8)12(15)14-10-5-3-9(13)4-6-10/h8-11H,2-7,13H2,1H3,(H,14,15). The molecule has 0 spiro atoms. The Morgan fingerprint density at radius 1 is 1.19 bits per heavy atom. The van der Waals surface area contributed by atoms with Gasteiger partial charge in [0.2, 0.25) is 5.91 Å². The summed E-state index contributed by atoms with van der Waals surface area (Å²) >= 11 is 0. The fourth-order valence-corrected chi connectivity index (χ4v) is 2.55. The fraction of sp³-hybridized carbons (Fsp3) is 0.917. The summed E-state index contributed by atoms with van der Waals surface area (Å²) in [6.45, 7) is 2.02. The van der Waals surface area contributed by atoms with Crippen LogP contribution in [0.3, 0.4) is 0 Å². The van der Waals surface area contributed by atoms with Crippen molar-refractivity contribution in [2.45, 2.75) is 69.7 Å². The highest BCUT2D eigenvalue weighted by Crippen LogP contribution is 2.21. The number of rotatable bonds is 2. The van der Waals surface area contributed by atoms with E-state index < -0.39 is 0 Å². The summed E-state index contributed by atoms with van der Waals surface area (Å²) in [6, 6.07) is 0.641. The Hall–Kier alpha value is -0.610. The minimum absolute atomic E-state index is 0.0739. The lowest BCUT2D eigenvalue weighted by atomic mass is 9.91. The van der Waals surface area contributed by atoms with Gasteiger partial charge >= 0.3 is 0 Å². The van der Waals surface area contributed by atoms with E-state index in [0.717, 1.165) is 38.5 Å². The summed E-state index contributed by atoms with van der Waals surface area (Å²) in [6.07, 6.45) is 5.93. The SMILES string of the molecule is CC1CCC(C(=O)NC2CCC(N)CC2)O1. The van der Waals surface area contributed by atoms with Gasteiger partial charge in [0, 0.05) is 12.1 Å². The molecule has 16 heavy (non-hydrogen) atoms. The molecule has 4 heteroatoms. The van der Waals surface area contributed by atoms with Crippen molar-refractivity contribution in [3.05, 3.63) is 0 Å². The zero-order valence-electron chi connectivity index (χ0n) is 9.95. The highest BCUT2D eigenvalue weighted by atomic mass is 16.5. The Morgan fingerprint density at radius 2 is 1.88 bits per heavy atom. The summed E-state index contributed by atoms with van der Waals surface area (Å²) < 4.78 is 5.55. The number of amides is 1. The van der Waals surface area contributed by atoms with Gasteiger partial charge in [-0.25, -0.2) is 0 Å². The molecule has 92 valence electrons. The van der Waals surface area contributed by atoms with Crippen molar-refractivity contribution in [3.63, 3.8) is 0 Å². The molecule has 1 saturated heterocycles. The predicted molar refractivity (Wildman–Crippen MR) is 61.9 cm³/mol. The normalized spacial score (nSPS) is 39.6. The van der Waals surface area contributed by atoms with E-state index in [2.05, 4.69) is 5.32 Å². The van der Waals surface area contributed by atoms with E-state index in [9.17, 15) is 4.79 Å². The number of nitrogens with one attached hydrogen (secondary N) is 1. The first-order valence-corrected chi connectivity index (χ1v) is 6.36. The minimum Gasteiger partial charge on any atom is -0.365 e. The molecule has 3 N–H and O–H groups in total. The molecular weight excluding hydrogens is 204 g/mol. The molecule has 1 aliphatic carbocycles. The van der Waals surface area contributed by atoms with Crippen LogP contribution in [0.25, 0.3) is 0 Å². The number of nitrogens with two attached hydrogens (primary N) is 1. The second-order valence-corrected chi connectivity index (χ2v) is 5.13. The molecule has 1 saturated carbocycles. The van der Waals surface area contributed by atoms with Crippen LogP contribution in [0.15, 0.2) is 0 Å². The average Bonchev–Trinajstić information content (AvgIpc) is 2.68. The van der Waals surface area contributed by atoms with Gasteiger partial charge in [0.1, 0.15) is 6.10 Å². The zero-order valence-corrected chi connectivity index (χ0v) is 9.95. The Labute approximate surface area is 96.9 Å². The van der Waals surface area contributed by atoms with Gasteiger partial charge in [-0.15, -0.1) is 0 Å². The van der Waals surface area contributed by atoms with E-state index in [0.29, 0.717) is 12.1 Å². The Balaban J connectivity index is 1.75. The van der Waals surface area contributed by atoms with E-state index in [4.69, 9.17) is 10.5 Å². The molecular formula is C12H22N2O2. The van der Waals surface area contributed by atoms with Crippen LogP contribution in [-0.2, 0) is 9.53 Å². The Kier molecular flexibility index (Phi) is 3.82. The molecule has 0 aromatic carbocycles. The lowest BCUT2D eigenvalue weighted by Gasteiger charge is -2.27. The molecule has 0 aromatic heterocycles. The number of hydrogen-bond acceptors (Lipinski definition) is 3. The highest BCUT2D eigenvalue weighted by Gasteiger charge is 2.30. The monoisotopic (exact) mass is 226 g/mol. The third kappa shape index (κ3) is 2.95. The lowest BCUT2D eigenvalue weighted by molar-refractivity contribution is -0.132. The summed E-state index contributed by atoms with van der Waals surface area (Å²) in [4.78, 5) is 11.9. The van der Waals surface area contributed by atoms with Crippen LogP contribution in [0, 0.1) is 0 Å². The van der Waals surface area contributed by atoms with Gasteiger partial charge in [-0.3, -0.25) is 4.79 Å². The second-order valence-electron chi connectivity index (χ2n) is 5.13. The van der Waals surface area contributed by atoms with E-state index in [1.54, 1.807) is 0 Å². The van der Waals surface area contributed by atoms with Gasteiger partial charge < -0.3 is 15.8 Å². The quantitative estimate of drug-likeness (QED) is 0.736. The van der Waals surface area contributed by atoms with Crippen LogP contribution in [0.5, 0.6) is 0 Å². The first-order chi connectivity index (χ1) is 7.65. The summed E-state index contributed by atoms with van der Waals surface area (Å²) in [7, 11) is 0. The van der Waals surface area contributed by atoms with Crippen molar-refractivity contribution in [1.82, 2.24) is 5.32 Å². The van der Waals surface area contributed by atoms with Gasteiger partial charge in [0.15, 0.2) is 0 Å². The second kappa shape index (κ2) is 5.15. The third-order valence-electron chi connectivity index (χ3n) is 3.64. The van der Waals surface area contributed by atoms with Gasteiger partial charge in [-0.05, 0) is 45.4 Å². The lowest BCUT2D eigenvalue weighted by Crippen LogP contribution is -2.44. The van der Waals surface area contributed by atoms with Crippen LogP contribution < -0.4 is 11.1 Å². The maximum Gasteiger partial charge on any atom is 0.249 e. The molecule has 1 amide bonds. The van der Waals surface area contributed by atoms with Crippen molar-refractivity contribution in [1.29, 1.82) is 0 Å². The molecule has 0 radical (unpaired) electrons. The van der Waals surface area contributed by atoms with E-state index in [-0.39, 0.29) is 18.1 Å². The van der Waals surface area contributed by atoms with Crippen LogP contribution >= 0.6 is 0 Å². The van der Waals surface area contributed by atoms with Crippen molar-refractivity contribution >= 4 is 5.91 Å². The van der Waals surface area contributed by atoms with E-state index in [1.165, 1.54) is 0 Å². The van der Waals surface area contributed by atoms with E-state index in [1.807, 2.05) is 6.92 Å². The average molecular weight is 226 g/mol. The maximum atomic E-state index is 11.9. The molecule has 4 nitrogen and oxygen atoms in total. The number of ether oxygens (including phenoxy) is 1. The number of carbonyl (C=O) groups is 1. The molecule has 1 aliphatic heterocycles. The number of hydrogen-bond donors (Lipinski definition) is 2. The molecule has 2 atom stereocenters. The molecule has 2 rings (SSSR count). The van der Waals surface area contributed by atoms with Crippen LogP contribution in [0.4, 0.5) is 0 Å². The summed E-state index contributed by atoms with van der Waals surface area (Å²) in [5.74, 6) is 0.0739. The summed E-state index contributed by atoms with van der Waals surface area (Å²) in [5.41, 5.74) is 5.83. The molecule has 2 unspecified atom stereocenters. The minimum atomic E-state index is -0.217. The van der Waals surface area contributed by atoms with E-state index >= 15 is 0 Å². The van der Waals surface area contributed by atoms with Crippen molar-refractivity contribution in [2.24, 2.45) is 5.73 Å². The molecule has 1 heterocycles. The smallest absolute Gasteiger partial charge is 0.249 e. The Bertz CT molecular complexity index is 249. The van der Waals surface area contributed by atoms with Crippen molar-refractivity contribution in [2.75, 3.05) is 0 Å². The molecule has 2 aliphatic rings. The first-order valence-electron chi connectivity index (χ1n) is 6.36. The fourth-order valence-electron chi connectivity index (χ4n) is 2.55. The van der Waals surface area contributed by atoms with Crippen molar-refractivity contribution in [3.8, 4) is 0 Å². The topological polar surface area (TPSA) is 64.4 Å². The van der Waals surface area contributed by atoms with Gasteiger partial charge in [-0.2, -0.15) is 0 Å². The van der Waals surface area contributed by atoms with Crippen LogP contribution in [0.1, 0.15) is 45.4 Å². The molecule has 0 aromatic rings. The maximum absolute atomic E-state index is 11.9. The van der Waals surface area contributed by atoms with Crippen LogP contribution in [-0.4, -0.2) is 30.2 Å². The largest absolute Gasteiger partial charge is 0.365 e. The van der Waals surface area contributed by atoms with Gasteiger partial charge in [-0.1, -0.05) is 0 Å². The predicted octanol–water partition coefficient (Wildman–Crippen LogP) is 0.940. The van der Waals surface area contributed by atoms with Crippen molar-refractivity contribution < 1.29 is 9.53 Å². The zero-order chi connectivity index (χ0) is 11.5. The van der Waals surface area contributed by atoms with Crippen LogP contribution in [0.2, 0.25) is 0 Å². The van der Waals surface area contributed by atoms with Gasteiger partial charge in [0.25, 0.3) is 0 Å². The molecule has 0 bridgehead atoms. The summed E-state index contributed by atoms with van der Waals surface area (Å²) in [5, 5.41) is 3.08. The first kappa shape index (κ1) is 11.9. The molecule has 2 fully saturated rings. The number of carbonyl (C=O) groups excluding carboxylic acids is 1. The highest BCUT2D eigenvalue weighted by molar-refractivity contribution is 5.81. The third-order valence-corrected chi connectivity index (χ3v) is 3.64. The van der Waals surface area contributed by atoms with Gasteiger partial charge in [0.05, 0.1) is 6.10 Å².